The maximum atomic E-state index is 11.8. The van der Waals surface area contributed by atoms with E-state index in [0.717, 1.165) is 5.75 Å². The second kappa shape index (κ2) is 6.94. The minimum absolute atomic E-state index is 0.206. The SMILES string of the molecule is NC(=O)NCCNC(=O)N1CCSCC1C(=O)O. The Balaban J connectivity index is 2.38. The summed E-state index contributed by atoms with van der Waals surface area (Å²) in [6, 6.07) is -1.90. The van der Waals surface area contributed by atoms with Gasteiger partial charge < -0.3 is 26.4 Å². The quantitative estimate of drug-likeness (QED) is 0.483. The summed E-state index contributed by atoms with van der Waals surface area (Å²) < 4.78 is 0. The molecular formula is C9H16N4O4S. The molecule has 1 heterocycles. The Morgan fingerprint density at radius 1 is 1.33 bits per heavy atom. The lowest BCUT2D eigenvalue weighted by Gasteiger charge is -2.32. The third-order valence-corrected chi connectivity index (χ3v) is 3.40. The van der Waals surface area contributed by atoms with E-state index in [2.05, 4.69) is 10.6 Å². The zero-order valence-corrected chi connectivity index (χ0v) is 10.5. The lowest BCUT2D eigenvalue weighted by molar-refractivity contribution is -0.141. The number of nitrogens with zero attached hydrogens (tertiary/aromatic N) is 1. The predicted molar refractivity (Wildman–Crippen MR) is 66.4 cm³/mol. The van der Waals surface area contributed by atoms with Crippen molar-refractivity contribution >= 4 is 29.8 Å². The van der Waals surface area contributed by atoms with Crippen LogP contribution >= 0.6 is 11.8 Å². The average molecular weight is 276 g/mol. The van der Waals surface area contributed by atoms with Crippen LogP contribution in [0.2, 0.25) is 0 Å². The summed E-state index contributed by atoms with van der Waals surface area (Å²) in [5, 5.41) is 13.9. The number of urea groups is 2. The fourth-order valence-corrected chi connectivity index (χ4v) is 2.55. The third kappa shape index (κ3) is 4.32. The number of nitrogens with one attached hydrogen (secondary N) is 2. The first kappa shape index (κ1) is 14.4. The lowest BCUT2D eigenvalue weighted by Crippen LogP contribution is -2.54. The monoisotopic (exact) mass is 276 g/mol. The summed E-state index contributed by atoms with van der Waals surface area (Å²) in [5.74, 6) is 0.103. The standard InChI is InChI=1S/C9H16N4O4S/c10-8(16)11-1-2-12-9(17)13-3-4-18-5-6(13)7(14)15/h6H,1-5H2,(H,12,17)(H,14,15)(H3,10,11,16). The molecule has 1 aliphatic rings. The summed E-state index contributed by atoms with van der Waals surface area (Å²) in [6.45, 7) is 0.815. The van der Waals surface area contributed by atoms with Gasteiger partial charge in [0.15, 0.2) is 0 Å². The molecule has 1 saturated heterocycles. The van der Waals surface area contributed by atoms with Gasteiger partial charge in [-0.05, 0) is 0 Å². The van der Waals surface area contributed by atoms with Crippen LogP contribution in [-0.4, -0.2) is 65.2 Å². The first-order valence-electron chi connectivity index (χ1n) is 5.40. The summed E-state index contributed by atoms with van der Waals surface area (Å²) in [4.78, 5) is 34.4. The number of thioether (sulfide) groups is 1. The van der Waals surface area contributed by atoms with Crippen LogP contribution < -0.4 is 16.4 Å². The molecule has 0 aliphatic carbocycles. The van der Waals surface area contributed by atoms with Crippen molar-refractivity contribution in [2.45, 2.75) is 6.04 Å². The molecule has 9 heteroatoms. The molecule has 0 bridgehead atoms. The number of carboxylic acid groups (broad SMARTS) is 1. The van der Waals surface area contributed by atoms with Gasteiger partial charge in [-0.25, -0.2) is 14.4 Å². The molecule has 1 rings (SSSR count). The number of aliphatic carboxylic acids is 1. The minimum atomic E-state index is -1.01. The highest BCUT2D eigenvalue weighted by Gasteiger charge is 2.32. The van der Waals surface area contributed by atoms with Crippen LogP contribution in [0.5, 0.6) is 0 Å². The van der Waals surface area contributed by atoms with E-state index >= 15 is 0 Å². The van der Waals surface area contributed by atoms with Crippen molar-refractivity contribution in [3.63, 3.8) is 0 Å². The number of carbonyl (C=O) groups excluding carboxylic acids is 2. The summed E-state index contributed by atoms with van der Waals surface area (Å²) in [5.41, 5.74) is 4.86. The van der Waals surface area contributed by atoms with Gasteiger partial charge in [-0.15, -0.1) is 0 Å². The van der Waals surface area contributed by atoms with Crippen LogP contribution in [0, 0.1) is 0 Å². The Labute approximate surface area is 108 Å². The van der Waals surface area contributed by atoms with Gasteiger partial charge in [0.2, 0.25) is 0 Å². The maximum absolute atomic E-state index is 11.8. The van der Waals surface area contributed by atoms with Crippen molar-refractivity contribution in [2.24, 2.45) is 5.73 Å². The predicted octanol–water partition coefficient (Wildman–Crippen LogP) is -1.13. The number of carbonyl (C=O) groups is 3. The summed E-state index contributed by atoms with van der Waals surface area (Å²) in [6.07, 6.45) is 0. The number of hydrogen-bond acceptors (Lipinski definition) is 4. The van der Waals surface area contributed by atoms with E-state index in [0.29, 0.717) is 12.3 Å². The van der Waals surface area contributed by atoms with Gasteiger partial charge in [-0.1, -0.05) is 0 Å². The van der Waals surface area contributed by atoms with Crippen LogP contribution in [0.3, 0.4) is 0 Å². The Morgan fingerprint density at radius 2 is 2.00 bits per heavy atom. The van der Waals surface area contributed by atoms with E-state index in [4.69, 9.17) is 10.8 Å². The van der Waals surface area contributed by atoms with Crippen LogP contribution in [0.25, 0.3) is 0 Å². The summed E-state index contributed by atoms with van der Waals surface area (Å²) in [7, 11) is 0. The first-order chi connectivity index (χ1) is 8.52. The van der Waals surface area contributed by atoms with Crippen molar-refractivity contribution in [2.75, 3.05) is 31.1 Å². The Hall–Kier alpha value is -1.64. The normalized spacial score (nSPS) is 19.1. The number of primary amides is 1. The smallest absolute Gasteiger partial charge is 0.327 e. The molecule has 0 spiro atoms. The Kier molecular flexibility index (Phi) is 5.56. The fraction of sp³-hybridized carbons (Fsp3) is 0.667. The fourth-order valence-electron chi connectivity index (χ4n) is 1.51. The molecule has 1 atom stereocenters. The topological polar surface area (TPSA) is 125 Å². The second-order valence-electron chi connectivity index (χ2n) is 3.65. The van der Waals surface area contributed by atoms with Gasteiger partial charge in [-0.3, -0.25) is 0 Å². The zero-order valence-electron chi connectivity index (χ0n) is 9.72. The highest BCUT2D eigenvalue weighted by atomic mass is 32.2. The van der Waals surface area contributed by atoms with Gasteiger partial charge in [0.1, 0.15) is 6.04 Å². The van der Waals surface area contributed by atoms with Gasteiger partial charge in [0.05, 0.1) is 0 Å². The second-order valence-corrected chi connectivity index (χ2v) is 4.80. The molecule has 0 aromatic rings. The van der Waals surface area contributed by atoms with Crippen molar-refractivity contribution in [3.8, 4) is 0 Å². The van der Waals surface area contributed by atoms with Gasteiger partial charge >= 0.3 is 18.0 Å². The van der Waals surface area contributed by atoms with E-state index in [1.54, 1.807) is 0 Å². The molecule has 0 aromatic heterocycles. The van der Waals surface area contributed by atoms with E-state index in [-0.39, 0.29) is 13.1 Å². The largest absolute Gasteiger partial charge is 0.480 e. The lowest BCUT2D eigenvalue weighted by atomic mass is 10.3. The summed E-state index contributed by atoms with van der Waals surface area (Å²) >= 11 is 1.51. The van der Waals surface area contributed by atoms with E-state index < -0.39 is 24.1 Å². The molecule has 5 N–H and O–H groups in total. The number of carboxylic acids is 1. The molecule has 1 fully saturated rings. The van der Waals surface area contributed by atoms with E-state index in [9.17, 15) is 14.4 Å². The van der Waals surface area contributed by atoms with Gasteiger partial charge in [-0.2, -0.15) is 11.8 Å². The van der Waals surface area contributed by atoms with Crippen LogP contribution in [-0.2, 0) is 4.79 Å². The molecule has 18 heavy (non-hydrogen) atoms. The van der Waals surface area contributed by atoms with Crippen molar-refractivity contribution in [3.05, 3.63) is 0 Å². The van der Waals surface area contributed by atoms with Crippen LogP contribution in [0.4, 0.5) is 9.59 Å². The first-order valence-corrected chi connectivity index (χ1v) is 6.56. The molecule has 8 nitrogen and oxygen atoms in total. The highest BCUT2D eigenvalue weighted by molar-refractivity contribution is 7.99. The van der Waals surface area contributed by atoms with Gasteiger partial charge in [0, 0.05) is 31.1 Å². The van der Waals surface area contributed by atoms with Crippen LogP contribution in [0.15, 0.2) is 0 Å². The molecule has 1 unspecified atom stereocenters. The Morgan fingerprint density at radius 3 is 2.61 bits per heavy atom. The molecule has 102 valence electrons. The molecule has 0 aromatic carbocycles. The maximum Gasteiger partial charge on any atom is 0.327 e. The number of hydrogen-bond donors (Lipinski definition) is 4. The van der Waals surface area contributed by atoms with Crippen molar-refractivity contribution in [1.82, 2.24) is 15.5 Å². The van der Waals surface area contributed by atoms with E-state index in [1.165, 1.54) is 16.7 Å². The van der Waals surface area contributed by atoms with E-state index in [1.807, 2.05) is 0 Å². The third-order valence-electron chi connectivity index (χ3n) is 2.37. The molecule has 1 aliphatic heterocycles. The number of rotatable bonds is 4. The molecule has 4 amide bonds. The zero-order chi connectivity index (χ0) is 13.5. The molecule has 0 radical (unpaired) electrons. The number of nitrogens with two attached hydrogens (primary N) is 1. The Bertz CT molecular complexity index is 339. The highest BCUT2D eigenvalue weighted by Crippen LogP contribution is 2.16. The average Bonchev–Trinajstić information content (AvgIpc) is 2.34. The van der Waals surface area contributed by atoms with Gasteiger partial charge in [0.25, 0.3) is 0 Å². The van der Waals surface area contributed by atoms with Crippen molar-refractivity contribution < 1.29 is 19.5 Å². The minimum Gasteiger partial charge on any atom is -0.480 e. The van der Waals surface area contributed by atoms with Crippen LogP contribution in [0.1, 0.15) is 0 Å². The molecular weight excluding hydrogens is 260 g/mol. The number of amides is 4. The molecule has 0 saturated carbocycles. The van der Waals surface area contributed by atoms with Crippen molar-refractivity contribution in [1.29, 1.82) is 0 Å².